The Kier molecular flexibility index (Phi) is 3.84. The molecule has 0 fully saturated rings. The van der Waals surface area contributed by atoms with E-state index < -0.39 is 0 Å². The minimum atomic E-state index is 0.0664. The van der Waals surface area contributed by atoms with Crippen LogP contribution in [-0.2, 0) is 6.54 Å². The Balaban J connectivity index is 2.62. The van der Waals surface area contributed by atoms with Crippen LogP contribution in [0.5, 0.6) is 0 Å². The highest BCUT2D eigenvalue weighted by Gasteiger charge is 2.09. The van der Waals surface area contributed by atoms with Crippen LogP contribution >= 0.6 is 11.8 Å². The number of hydrogen-bond donors (Lipinski definition) is 0. The van der Waals surface area contributed by atoms with Crippen LogP contribution in [0.4, 0.5) is 0 Å². The minimum absolute atomic E-state index is 0.0664. The van der Waals surface area contributed by atoms with Crippen molar-refractivity contribution in [2.75, 3.05) is 5.75 Å². The van der Waals surface area contributed by atoms with Gasteiger partial charge in [0.25, 0.3) is 5.56 Å². The second-order valence-electron chi connectivity index (χ2n) is 3.81. The van der Waals surface area contributed by atoms with Crippen molar-refractivity contribution in [3.8, 4) is 0 Å². The predicted octanol–water partition coefficient (Wildman–Crippen LogP) is 2.92. The molecular formula is C13H16N2OS. The zero-order valence-corrected chi connectivity index (χ0v) is 11.0. The van der Waals surface area contributed by atoms with E-state index in [1.54, 1.807) is 16.3 Å². The van der Waals surface area contributed by atoms with E-state index in [9.17, 15) is 4.79 Å². The largest absolute Gasteiger partial charge is 0.287 e. The number of thioether (sulfide) groups is 1. The molecule has 1 aromatic heterocycles. The fraction of sp³-hybridized carbons (Fsp3) is 0.385. The summed E-state index contributed by atoms with van der Waals surface area (Å²) in [6.45, 7) is 4.78. The third-order valence-corrected chi connectivity index (χ3v) is 3.76. The van der Waals surface area contributed by atoms with Gasteiger partial charge in [-0.3, -0.25) is 9.36 Å². The maximum absolute atomic E-state index is 12.3. The third kappa shape index (κ3) is 2.36. The molecule has 0 N–H and O–H groups in total. The number of hydrogen-bond acceptors (Lipinski definition) is 3. The van der Waals surface area contributed by atoms with E-state index in [2.05, 4.69) is 11.9 Å². The van der Waals surface area contributed by atoms with Crippen LogP contribution in [0.25, 0.3) is 10.9 Å². The zero-order chi connectivity index (χ0) is 12.3. The molecule has 0 amide bonds. The van der Waals surface area contributed by atoms with Gasteiger partial charge in [-0.15, -0.1) is 0 Å². The third-order valence-electron chi connectivity index (χ3n) is 2.58. The first-order valence-corrected chi connectivity index (χ1v) is 6.88. The molecule has 0 atom stereocenters. The fourth-order valence-corrected chi connectivity index (χ4v) is 2.65. The van der Waals surface area contributed by atoms with Crippen LogP contribution in [0.15, 0.2) is 34.2 Å². The number of benzene rings is 1. The van der Waals surface area contributed by atoms with Crippen molar-refractivity contribution in [1.29, 1.82) is 0 Å². The van der Waals surface area contributed by atoms with Crippen molar-refractivity contribution in [3.05, 3.63) is 34.6 Å². The summed E-state index contributed by atoms with van der Waals surface area (Å²) in [4.78, 5) is 16.8. The van der Waals surface area contributed by atoms with Crippen LogP contribution in [0.1, 0.15) is 20.3 Å². The van der Waals surface area contributed by atoms with Gasteiger partial charge in [-0.2, -0.15) is 0 Å². The van der Waals surface area contributed by atoms with E-state index in [-0.39, 0.29) is 5.56 Å². The molecular weight excluding hydrogens is 232 g/mol. The van der Waals surface area contributed by atoms with Crippen LogP contribution in [0, 0.1) is 0 Å². The van der Waals surface area contributed by atoms with Gasteiger partial charge < -0.3 is 0 Å². The standard InChI is InChI=1S/C13H16N2OS/c1-3-9-17-13-14-11-8-6-5-7-10(11)12(16)15(13)4-2/h5-8H,3-4,9H2,1-2H3. The maximum Gasteiger partial charge on any atom is 0.262 e. The predicted molar refractivity (Wildman–Crippen MR) is 72.7 cm³/mol. The SMILES string of the molecule is CCCSc1nc2ccccc2c(=O)n1CC. The Morgan fingerprint density at radius 1 is 1.29 bits per heavy atom. The van der Waals surface area contributed by atoms with E-state index in [1.165, 1.54) is 0 Å². The molecule has 0 aliphatic carbocycles. The maximum atomic E-state index is 12.3. The highest BCUT2D eigenvalue weighted by molar-refractivity contribution is 7.99. The van der Waals surface area contributed by atoms with Crippen molar-refractivity contribution in [1.82, 2.24) is 9.55 Å². The minimum Gasteiger partial charge on any atom is -0.287 e. The monoisotopic (exact) mass is 248 g/mol. The molecule has 1 heterocycles. The van der Waals surface area contributed by atoms with Crippen LogP contribution in [0.2, 0.25) is 0 Å². The number of fused-ring (bicyclic) bond motifs is 1. The highest BCUT2D eigenvalue weighted by atomic mass is 32.2. The van der Waals surface area contributed by atoms with Crippen molar-refractivity contribution in [3.63, 3.8) is 0 Å². The van der Waals surface area contributed by atoms with Crippen LogP contribution in [0.3, 0.4) is 0 Å². The van der Waals surface area contributed by atoms with E-state index in [0.29, 0.717) is 11.9 Å². The Hall–Kier alpha value is -1.29. The van der Waals surface area contributed by atoms with E-state index in [4.69, 9.17) is 0 Å². The number of rotatable bonds is 4. The zero-order valence-electron chi connectivity index (χ0n) is 10.1. The van der Waals surface area contributed by atoms with E-state index in [1.807, 2.05) is 31.2 Å². The van der Waals surface area contributed by atoms with Gasteiger partial charge in [0.2, 0.25) is 0 Å². The number of aromatic nitrogens is 2. The van der Waals surface area contributed by atoms with Gasteiger partial charge in [-0.25, -0.2) is 4.98 Å². The van der Waals surface area contributed by atoms with Gasteiger partial charge >= 0.3 is 0 Å². The summed E-state index contributed by atoms with van der Waals surface area (Å²) in [5, 5.41) is 1.54. The molecule has 0 aliphatic heterocycles. The topological polar surface area (TPSA) is 34.9 Å². The van der Waals surface area contributed by atoms with Gasteiger partial charge in [0.15, 0.2) is 5.16 Å². The van der Waals surface area contributed by atoms with Crippen LogP contribution in [-0.4, -0.2) is 15.3 Å². The Labute approximate surface area is 105 Å². The molecule has 0 aliphatic rings. The summed E-state index contributed by atoms with van der Waals surface area (Å²) in [5.74, 6) is 0.991. The summed E-state index contributed by atoms with van der Waals surface area (Å²) in [5.41, 5.74) is 0.859. The van der Waals surface area contributed by atoms with E-state index >= 15 is 0 Å². The van der Waals surface area contributed by atoms with Gasteiger partial charge in [0.1, 0.15) is 0 Å². The highest BCUT2D eigenvalue weighted by Crippen LogP contribution is 2.18. The summed E-state index contributed by atoms with van der Waals surface area (Å²) in [7, 11) is 0. The number of nitrogens with zero attached hydrogens (tertiary/aromatic N) is 2. The molecule has 0 radical (unpaired) electrons. The van der Waals surface area contributed by atoms with Crippen molar-refractivity contribution in [2.45, 2.75) is 32.0 Å². The van der Waals surface area contributed by atoms with E-state index in [0.717, 1.165) is 22.8 Å². The Morgan fingerprint density at radius 3 is 2.76 bits per heavy atom. The summed E-state index contributed by atoms with van der Waals surface area (Å²) in [6.07, 6.45) is 1.08. The molecule has 3 nitrogen and oxygen atoms in total. The molecule has 90 valence electrons. The van der Waals surface area contributed by atoms with Gasteiger partial charge in [0.05, 0.1) is 10.9 Å². The summed E-state index contributed by atoms with van der Waals surface area (Å²) in [6, 6.07) is 7.53. The molecule has 0 bridgehead atoms. The molecule has 2 aromatic rings. The van der Waals surface area contributed by atoms with Crippen molar-refractivity contribution in [2.24, 2.45) is 0 Å². The lowest BCUT2D eigenvalue weighted by atomic mass is 10.2. The molecule has 17 heavy (non-hydrogen) atoms. The Morgan fingerprint density at radius 2 is 2.06 bits per heavy atom. The van der Waals surface area contributed by atoms with Crippen molar-refractivity contribution >= 4 is 22.7 Å². The first kappa shape index (κ1) is 12.2. The molecule has 0 spiro atoms. The first-order chi connectivity index (χ1) is 8.27. The number of para-hydroxylation sites is 1. The van der Waals surface area contributed by atoms with Crippen molar-refractivity contribution < 1.29 is 0 Å². The van der Waals surface area contributed by atoms with Gasteiger partial charge in [-0.1, -0.05) is 30.8 Å². The first-order valence-electron chi connectivity index (χ1n) is 5.90. The second-order valence-corrected chi connectivity index (χ2v) is 4.87. The fourth-order valence-electron chi connectivity index (χ4n) is 1.73. The Bertz CT molecular complexity index is 577. The lowest BCUT2D eigenvalue weighted by Gasteiger charge is -2.10. The van der Waals surface area contributed by atoms with Crippen LogP contribution < -0.4 is 5.56 Å². The molecule has 1 aromatic carbocycles. The van der Waals surface area contributed by atoms with Gasteiger partial charge in [0, 0.05) is 12.3 Å². The molecule has 0 saturated carbocycles. The summed E-state index contributed by atoms with van der Waals surface area (Å²) < 4.78 is 1.75. The molecule has 0 unspecified atom stereocenters. The quantitative estimate of drug-likeness (QED) is 0.616. The average Bonchev–Trinajstić information content (AvgIpc) is 2.36. The lowest BCUT2D eigenvalue weighted by Crippen LogP contribution is -2.22. The molecule has 4 heteroatoms. The second kappa shape index (κ2) is 5.36. The molecule has 2 rings (SSSR count). The molecule has 0 saturated heterocycles. The average molecular weight is 248 g/mol. The smallest absolute Gasteiger partial charge is 0.262 e. The lowest BCUT2D eigenvalue weighted by molar-refractivity contribution is 0.634. The normalized spacial score (nSPS) is 10.9. The van der Waals surface area contributed by atoms with Gasteiger partial charge in [-0.05, 0) is 25.5 Å². The summed E-state index contributed by atoms with van der Waals surface area (Å²) >= 11 is 1.65.